The highest BCUT2D eigenvalue weighted by Gasteiger charge is 2.05. The summed E-state index contributed by atoms with van der Waals surface area (Å²) in [6.45, 7) is 3.82. The lowest BCUT2D eigenvalue weighted by molar-refractivity contribution is 0.478. The largest absolute Gasteiger partial charge is 0.439 e. The van der Waals surface area contributed by atoms with Crippen molar-refractivity contribution in [3.05, 3.63) is 39.9 Å². The van der Waals surface area contributed by atoms with Crippen LogP contribution in [0, 0.1) is 3.57 Å². The van der Waals surface area contributed by atoms with Gasteiger partial charge in [-0.3, -0.25) is 0 Å². The van der Waals surface area contributed by atoms with Gasteiger partial charge in [0.1, 0.15) is 0 Å². The highest BCUT2D eigenvalue weighted by molar-refractivity contribution is 14.1. The molecule has 2 rings (SSSR count). The maximum atomic E-state index is 5.68. The van der Waals surface area contributed by atoms with E-state index in [4.69, 9.17) is 4.42 Å². The molecule has 17 heavy (non-hydrogen) atoms. The number of hydrogen-bond acceptors (Lipinski definition) is 3. The molecule has 1 aromatic heterocycles. The van der Waals surface area contributed by atoms with Crippen molar-refractivity contribution in [3.63, 3.8) is 0 Å². The van der Waals surface area contributed by atoms with Crippen LogP contribution in [0.15, 0.2) is 34.9 Å². The van der Waals surface area contributed by atoms with Crippen LogP contribution < -0.4 is 5.32 Å². The minimum atomic E-state index is 0.693. The number of halogens is 1. The Morgan fingerprint density at radius 2 is 2.06 bits per heavy atom. The van der Waals surface area contributed by atoms with Gasteiger partial charge in [0.2, 0.25) is 5.89 Å². The molecule has 2 aromatic rings. The molecule has 0 radical (unpaired) electrons. The monoisotopic (exact) mass is 342 g/mol. The van der Waals surface area contributed by atoms with Crippen molar-refractivity contribution in [1.82, 2.24) is 10.3 Å². The Balaban J connectivity index is 2.04. The maximum Gasteiger partial charge on any atom is 0.208 e. The molecule has 0 saturated heterocycles. The Hall–Kier alpha value is -0.880. The number of oxazole rings is 1. The molecular weight excluding hydrogens is 327 g/mol. The predicted octanol–water partition coefficient (Wildman–Crippen LogP) is 3.45. The summed E-state index contributed by atoms with van der Waals surface area (Å²) in [7, 11) is 0. The molecule has 3 nitrogen and oxygen atoms in total. The van der Waals surface area contributed by atoms with Gasteiger partial charge in [-0.15, -0.1) is 0 Å². The van der Waals surface area contributed by atoms with E-state index in [1.165, 1.54) is 3.57 Å². The number of benzene rings is 1. The topological polar surface area (TPSA) is 38.1 Å². The van der Waals surface area contributed by atoms with E-state index in [1.807, 2.05) is 12.1 Å². The van der Waals surface area contributed by atoms with Crippen LogP contribution >= 0.6 is 22.6 Å². The Morgan fingerprint density at radius 1 is 1.29 bits per heavy atom. The van der Waals surface area contributed by atoms with Crippen LogP contribution in [0.2, 0.25) is 0 Å². The van der Waals surface area contributed by atoms with Crippen molar-refractivity contribution in [2.24, 2.45) is 0 Å². The first-order chi connectivity index (χ1) is 8.29. The Bertz CT molecular complexity index is 465. The van der Waals surface area contributed by atoms with Gasteiger partial charge in [0.15, 0.2) is 5.76 Å². The van der Waals surface area contributed by atoms with Gasteiger partial charge < -0.3 is 9.73 Å². The highest BCUT2D eigenvalue weighted by atomic mass is 127. The van der Waals surface area contributed by atoms with E-state index in [2.05, 4.69) is 51.9 Å². The van der Waals surface area contributed by atoms with Crippen molar-refractivity contribution < 1.29 is 4.42 Å². The van der Waals surface area contributed by atoms with Crippen LogP contribution in [0.25, 0.3) is 11.3 Å². The van der Waals surface area contributed by atoms with E-state index in [1.54, 1.807) is 6.20 Å². The second-order valence-electron chi connectivity index (χ2n) is 3.80. The molecule has 0 bridgehead atoms. The minimum absolute atomic E-state index is 0.693. The summed E-state index contributed by atoms with van der Waals surface area (Å²) >= 11 is 2.29. The normalized spacial score (nSPS) is 10.7. The molecule has 0 fully saturated rings. The van der Waals surface area contributed by atoms with Gasteiger partial charge in [0.25, 0.3) is 0 Å². The van der Waals surface area contributed by atoms with Crippen LogP contribution in [-0.4, -0.2) is 11.5 Å². The van der Waals surface area contributed by atoms with Crippen LogP contribution in [0.3, 0.4) is 0 Å². The van der Waals surface area contributed by atoms with Crippen LogP contribution in [0.4, 0.5) is 0 Å². The van der Waals surface area contributed by atoms with Gasteiger partial charge in [0.05, 0.1) is 12.7 Å². The van der Waals surface area contributed by atoms with Crippen molar-refractivity contribution in [2.75, 3.05) is 6.54 Å². The third kappa shape index (κ3) is 3.54. The summed E-state index contributed by atoms with van der Waals surface area (Å²) < 4.78 is 6.90. The van der Waals surface area contributed by atoms with Crippen LogP contribution in [-0.2, 0) is 6.54 Å². The van der Waals surface area contributed by atoms with Crippen molar-refractivity contribution in [2.45, 2.75) is 19.9 Å². The molecule has 0 spiro atoms. The zero-order chi connectivity index (χ0) is 12.1. The zero-order valence-corrected chi connectivity index (χ0v) is 11.9. The number of rotatable bonds is 5. The van der Waals surface area contributed by atoms with Gasteiger partial charge in [-0.1, -0.05) is 19.1 Å². The van der Waals surface area contributed by atoms with E-state index in [-0.39, 0.29) is 0 Å². The molecule has 0 saturated carbocycles. The number of aromatic nitrogens is 1. The standard InChI is InChI=1S/C13H15IN2O/c1-2-7-15-9-13-16-8-12(17-13)10-3-5-11(14)6-4-10/h3-6,8,15H,2,7,9H2,1H3. The molecule has 0 aliphatic heterocycles. The summed E-state index contributed by atoms with van der Waals surface area (Å²) in [4.78, 5) is 4.26. The summed E-state index contributed by atoms with van der Waals surface area (Å²) in [5.74, 6) is 1.57. The van der Waals surface area contributed by atoms with E-state index >= 15 is 0 Å². The Morgan fingerprint density at radius 3 is 2.76 bits per heavy atom. The Kier molecular flexibility index (Phi) is 4.56. The molecule has 0 aliphatic carbocycles. The van der Waals surface area contributed by atoms with Gasteiger partial charge in [-0.05, 0) is 47.7 Å². The number of hydrogen-bond donors (Lipinski definition) is 1. The van der Waals surface area contributed by atoms with E-state index in [9.17, 15) is 0 Å². The van der Waals surface area contributed by atoms with E-state index in [0.717, 1.165) is 30.2 Å². The summed E-state index contributed by atoms with van der Waals surface area (Å²) in [6, 6.07) is 8.22. The second-order valence-corrected chi connectivity index (χ2v) is 5.05. The zero-order valence-electron chi connectivity index (χ0n) is 9.74. The lowest BCUT2D eigenvalue weighted by atomic mass is 10.2. The molecule has 0 unspecified atom stereocenters. The first-order valence-electron chi connectivity index (χ1n) is 5.71. The highest BCUT2D eigenvalue weighted by Crippen LogP contribution is 2.21. The van der Waals surface area contributed by atoms with Crippen molar-refractivity contribution in [1.29, 1.82) is 0 Å². The first-order valence-corrected chi connectivity index (χ1v) is 6.79. The van der Waals surface area contributed by atoms with E-state index < -0.39 is 0 Å². The molecule has 0 atom stereocenters. The second kappa shape index (κ2) is 6.16. The molecule has 0 aliphatic rings. The summed E-state index contributed by atoms with van der Waals surface area (Å²) in [6.07, 6.45) is 2.90. The predicted molar refractivity (Wildman–Crippen MR) is 76.7 cm³/mol. The summed E-state index contributed by atoms with van der Waals surface area (Å²) in [5.41, 5.74) is 1.07. The number of nitrogens with one attached hydrogen (secondary N) is 1. The van der Waals surface area contributed by atoms with Crippen LogP contribution in [0.5, 0.6) is 0 Å². The third-order valence-corrected chi connectivity index (χ3v) is 3.10. The fraction of sp³-hybridized carbons (Fsp3) is 0.308. The molecular formula is C13H15IN2O. The SMILES string of the molecule is CCCNCc1ncc(-c2ccc(I)cc2)o1. The van der Waals surface area contributed by atoms with Gasteiger partial charge in [-0.25, -0.2) is 4.98 Å². The van der Waals surface area contributed by atoms with Crippen molar-refractivity contribution in [3.8, 4) is 11.3 Å². The van der Waals surface area contributed by atoms with Gasteiger partial charge >= 0.3 is 0 Å². The van der Waals surface area contributed by atoms with Crippen molar-refractivity contribution >= 4 is 22.6 Å². The smallest absolute Gasteiger partial charge is 0.208 e. The maximum absolute atomic E-state index is 5.68. The molecule has 4 heteroatoms. The Labute approximate surface area is 115 Å². The van der Waals surface area contributed by atoms with Gasteiger partial charge in [-0.2, -0.15) is 0 Å². The summed E-state index contributed by atoms with van der Waals surface area (Å²) in [5, 5.41) is 3.27. The lowest BCUT2D eigenvalue weighted by Crippen LogP contribution is -2.13. The van der Waals surface area contributed by atoms with E-state index in [0.29, 0.717) is 6.54 Å². The molecule has 1 heterocycles. The molecule has 1 N–H and O–H groups in total. The minimum Gasteiger partial charge on any atom is -0.439 e. The fourth-order valence-electron chi connectivity index (χ4n) is 1.51. The van der Waals surface area contributed by atoms with Gasteiger partial charge in [0, 0.05) is 9.13 Å². The average Bonchev–Trinajstić information content (AvgIpc) is 2.79. The first kappa shape index (κ1) is 12.6. The van der Waals surface area contributed by atoms with Crippen LogP contribution in [0.1, 0.15) is 19.2 Å². The molecule has 90 valence electrons. The lowest BCUT2D eigenvalue weighted by Gasteiger charge is -1.98. The molecule has 0 amide bonds. The number of nitrogens with zero attached hydrogens (tertiary/aromatic N) is 1. The average molecular weight is 342 g/mol. The third-order valence-electron chi connectivity index (χ3n) is 2.39. The molecule has 1 aromatic carbocycles. The quantitative estimate of drug-likeness (QED) is 0.668. The fourth-order valence-corrected chi connectivity index (χ4v) is 1.87.